The molecule has 0 radical (unpaired) electrons. The quantitative estimate of drug-likeness (QED) is 0.124. The number of esters is 1. The van der Waals surface area contributed by atoms with Crippen molar-refractivity contribution < 1.29 is 60.3 Å². The van der Waals surface area contributed by atoms with Gasteiger partial charge in [-0.1, -0.05) is 0 Å². The third kappa shape index (κ3) is 6.01. The molecule has 12 nitrogen and oxygen atoms in total. The molecule has 0 aliphatic carbocycles. The fourth-order valence-electron chi connectivity index (χ4n) is 1.57. The van der Waals surface area contributed by atoms with Gasteiger partial charge < -0.3 is 50.7 Å². The highest BCUT2D eigenvalue weighted by Gasteiger charge is 2.39. The Morgan fingerprint density at radius 3 is 1.58 bits per heavy atom. The summed E-state index contributed by atoms with van der Waals surface area (Å²) in [5.41, 5.74) is 0. The molecule has 9 N–H and O–H groups in total. The van der Waals surface area contributed by atoms with Gasteiger partial charge in [-0.2, -0.15) is 0 Å². The second kappa shape index (κ2) is 10.6. The van der Waals surface area contributed by atoms with Crippen molar-refractivity contribution in [2.75, 3.05) is 13.2 Å². The van der Waals surface area contributed by atoms with Crippen LogP contribution in [-0.2, 0) is 14.3 Å². The van der Waals surface area contributed by atoms with Crippen molar-refractivity contribution in [3.8, 4) is 0 Å². The lowest BCUT2D eigenvalue weighted by molar-refractivity contribution is -0.186. The number of hydrogen-bond donors (Lipinski definition) is 9. The van der Waals surface area contributed by atoms with Crippen LogP contribution in [0.1, 0.15) is 0 Å². The monoisotopic (exact) mass is 358 g/mol. The summed E-state index contributed by atoms with van der Waals surface area (Å²) in [6.07, 6.45) is -17.1. The van der Waals surface area contributed by atoms with E-state index in [9.17, 15) is 35.1 Å². The van der Waals surface area contributed by atoms with Gasteiger partial charge in [0.15, 0.2) is 18.5 Å². The Kier molecular flexibility index (Phi) is 10.1. The van der Waals surface area contributed by atoms with Crippen LogP contribution in [0.5, 0.6) is 0 Å². The molecule has 0 bridgehead atoms. The van der Waals surface area contributed by atoms with Gasteiger partial charge in [-0.25, -0.2) is 4.79 Å². The fourth-order valence-corrected chi connectivity index (χ4v) is 1.57. The highest BCUT2D eigenvalue weighted by Crippen LogP contribution is 2.11. The lowest BCUT2D eigenvalue weighted by Crippen LogP contribution is -2.52. The van der Waals surface area contributed by atoms with Gasteiger partial charge in [-0.3, -0.25) is 4.79 Å². The summed E-state index contributed by atoms with van der Waals surface area (Å²) < 4.78 is 4.35. The Hall–Kier alpha value is -1.22. The zero-order chi connectivity index (χ0) is 19.0. The third-order valence-corrected chi connectivity index (χ3v) is 3.15. The number of ether oxygens (including phenoxy) is 1. The molecule has 0 aromatic carbocycles. The maximum atomic E-state index is 11.6. The van der Waals surface area contributed by atoms with Crippen molar-refractivity contribution in [3.63, 3.8) is 0 Å². The molecule has 0 aliphatic heterocycles. The van der Waals surface area contributed by atoms with Crippen LogP contribution >= 0.6 is 0 Å². The van der Waals surface area contributed by atoms with Gasteiger partial charge in [0.05, 0.1) is 13.2 Å². The van der Waals surface area contributed by atoms with Crippen molar-refractivity contribution in [1.82, 2.24) is 0 Å². The van der Waals surface area contributed by atoms with E-state index in [4.69, 9.17) is 20.4 Å². The molecule has 0 saturated carbocycles. The van der Waals surface area contributed by atoms with Crippen molar-refractivity contribution in [2.45, 2.75) is 48.8 Å². The molecule has 0 fully saturated rings. The molecule has 0 heterocycles. The van der Waals surface area contributed by atoms with Gasteiger partial charge in [0.25, 0.3) is 0 Å². The Balaban J connectivity index is 4.89. The van der Waals surface area contributed by atoms with Crippen LogP contribution in [0, 0.1) is 0 Å². The second-order valence-corrected chi connectivity index (χ2v) is 4.94. The average molecular weight is 358 g/mol. The smallest absolute Gasteiger partial charge is 0.338 e. The Morgan fingerprint density at radius 2 is 1.21 bits per heavy atom. The number of hydrogen-bond acceptors (Lipinski definition) is 12. The van der Waals surface area contributed by atoms with Gasteiger partial charge in [-0.05, 0) is 0 Å². The molecule has 0 spiro atoms. The summed E-state index contributed by atoms with van der Waals surface area (Å²) >= 11 is 0. The first-order valence-corrected chi connectivity index (χ1v) is 6.76. The number of rotatable bonds is 11. The summed E-state index contributed by atoms with van der Waals surface area (Å²) in [4.78, 5) is 22.4. The molecule has 0 aliphatic rings. The molecular formula is C12H22O12. The minimum Gasteiger partial charge on any atom is -0.450 e. The Labute approximate surface area is 135 Å². The van der Waals surface area contributed by atoms with Gasteiger partial charge in [0, 0.05) is 0 Å². The highest BCUT2D eigenvalue weighted by molar-refractivity contribution is 5.77. The molecule has 12 heteroatoms. The second-order valence-electron chi connectivity index (χ2n) is 4.94. The van der Waals surface area contributed by atoms with E-state index in [1.54, 1.807) is 0 Å². The first kappa shape index (κ1) is 22.8. The maximum Gasteiger partial charge on any atom is 0.338 e. The van der Waals surface area contributed by atoms with E-state index >= 15 is 0 Å². The molecule has 0 saturated heterocycles. The van der Waals surface area contributed by atoms with E-state index < -0.39 is 68.0 Å². The lowest BCUT2D eigenvalue weighted by Gasteiger charge is -2.28. The first-order chi connectivity index (χ1) is 11.1. The van der Waals surface area contributed by atoms with Crippen LogP contribution in [0.4, 0.5) is 0 Å². The summed E-state index contributed by atoms with van der Waals surface area (Å²) in [5.74, 6) is -1.70. The molecule has 142 valence electrons. The molecule has 8 atom stereocenters. The minimum atomic E-state index is -2.46. The van der Waals surface area contributed by atoms with E-state index in [-0.39, 0.29) is 6.29 Å². The van der Waals surface area contributed by atoms with E-state index in [1.807, 2.05) is 0 Å². The molecule has 0 aromatic heterocycles. The molecular weight excluding hydrogens is 336 g/mol. The predicted molar refractivity (Wildman–Crippen MR) is 72.2 cm³/mol. The van der Waals surface area contributed by atoms with Crippen LogP contribution in [0.3, 0.4) is 0 Å². The minimum absolute atomic E-state index is 0.145. The summed E-state index contributed by atoms with van der Waals surface area (Å²) in [6, 6.07) is 0. The van der Waals surface area contributed by atoms with Crippen LogP contribution in [0.2, 0.25) is 0 Å². The van der Waals surface area contributed by atoms with E-state index in [0.717, 1.165) is 0 Å². The van der Waals surface area contributed by atoms with Crippen LogP contribution in [-0.4, -0.2) is 120 Å². The number of aldehydes is 1. The number of aliphatic hydroxyl groups excluding tert-OH is 9. The molecule has 0 rings (SSSR count). The zero-order valence-electron chi connectivity index (χ0n) is 12.4. The Morgan fingerprint density at radius 1 is 0.792 bits per heavy atom. The number of carbonyl (C=O) groups is 2. The van der Waals surface area contributed by atoms with Gasteiger partial charge in [0.1, 0.15) is 36.6 Å². The van der Waals surface area contributed by atoms with Gasteiger partial charge in [-0.15, -0.1) is 0 Å². The van der Waals surface area contributed by atoms with Crippen LogP contribution in [0.15, 0.2) is 0 Å². The number of carbonyl (C=O) groups excluding carboxylic acids is 2. The standard InChI is InChI=1S/C12H22O12/c13-1-4(16)7(18)9(20)6(3-15)24-12(23)11(22)10(21)8(19)5(17)2-14/h3-11,13-14,16-22H,1-2H2/t4-,5-,6-,7-,8-,9-,10+,11-/m1/s1. The van der Waals surface area contributed by atoms with E-state index in [1.165, 1.54) is 0 Å². The lowest BCUT2D eigenvalue weighted by atomic mass is 10.0. The van der Waals surface area contributed by atoms with Crippen molar-refractivity contribution in [3.05, 3.63) is 0 Å². The molecule has 24 heavy (non-hydrogen) atoms. The molecule has 0 amide bonds. The normalized spacial score (nSPS) is 21.7. The maximum absolute atomic E-state index is 11.6. The van der Waals surface area contributed by atoms with Crippen LogP contribution < -0.4 is 0 Å². The Bertz CT molecular complexity index is 390. The molecule has 0 aromatic rings. The predicted octanol–water partition coefficient (Wildman–Crippen LogP) is -6.39. The summed E-state index contributed by atoms with van der Waals surface area (Å²) in [5, 5.41) is 82.8. The fraction of sp³-hybridized carbons (Fsp3) is 0.833. The van der Waals surface area contributed by atoms with E-state index in [2.05, 4.69) is 4.74 Å². The third-order valence-electron chi connectivity index (χ3n) is 3.15. The SMILES string of the molecule is O=C[C@@H](OC(=O)[C@H](O)[C@@H](O)[C@H](O)[C@H](O)CO)[C@@H](O)[C@H](O)[C@H](O)CO. The van der Waals surface area contributed by atoms with Crippen molar-refractivity contribution in [2.24, 2.45) is 0 Å². The largest absolute Gasteiger partial charge is 0.450 e. The molecule has 0 unspecified atom stereocenters. The summed E-state index contributed by atoms with van der Waals surface area (Å²) in [7, 11) is 0. The van der Waals surface area contributed by atoms with Gasteiger partial charge >= 0.3 is 5.97 Å². The average Bonchev–Trinajstić information content (AvgIpc) is 2.60. The van der Waals surface area contributed by atoms with Crippen molar-refractivity contribution in [1.29, 1.82) is 0 Å². The van der Waals surface area contributed by atoms with Crippen LogP contribution in [0.25, 0.3) is 0 Å². The topological polar surface area (TPSA) is 225 Å². The summed E-state index contributed by atoms with van der Waals surface area (Å²) in [6.45, 7) is -1.95. The van der Waals surface area contributed by atoms with Gasteiger partial charge in [0.2, 0.25) is 0 Å². The number of aliphatic hydroxyl groups is 9. The van der Waals surface area contributed by atoms with E-state index in [0.29, 0.717) is 0 Å². The van der Waals surface area contributed by atoms with Crippen molar-refractivity contribution >= 4 is 12.3 Å². The highest BCUT2D eigenvalue weighted by atomic mass is 16.6. The first-order valence-electron chi connectivity index (χ1n) is 6.76. The zero-order valence-corrected chi connectivity index (χ0v) is 12.4.